The summed E-state index contributed by atoms with van der Waals surface area (Å²) >= 11 is 0. The molecule has 0 bridgehead atoms. The van der Waals surface area contributed by atoms with Crippen LogP contribution in [0, 0.1) is 0 Å². The van der Waals surface area contributed by atoms with Crippen LogP contribution in [0.4, 0.5) is 5.69 Å². The van der Waals surface area contributed by atoms with Crippen LogP contribution in [0.5, 0.6) is 5.75 Å². The normalized spacial score (nSPS) is 11.9. The molecule has 3 aromatic rings. The summed E-state index contributed by atoms with van der Waals surface area (Å²) in [6, 6.07) is 8.61. The molecule has 9 heteroatoms. The number of nitrogen functional groups attached to an aromatic ring is 1. The predicted molar refractivity (Wildman–Crippen MR) is 103 cm³/mol. The molecule has 27 heavy (non-hydrogen) atoms. The van der Waals surface area contributed by atoms with E-state index in [1.54, 1.807) is 0 Å². The predicted octanol–water partition coefficient (Wildman–Crippen LogP) is 1.61. The maximum atomic E-state index is 12.6. The molecule has 3 rings (SSSR count). The Balaban J connectivity index is 2.22. The van der Waals surface area contributed by atoms with Gasteiger partial charge in [-0.3, -0.25) is 9.36 Å². The molecule has 0 aliphatic rings. The monoisotopic (exact) mass is 388 g/mol. The number of sulfone groups is 1. The molecule has 0 saturated heterocycles. The lowest BCUT2D eigenvalue weighted by atomic mass is 10.2. The minimum Gasteiger partial charge on any atom is -0.491 e. The first-order chi connectivity index (χ1) is 12.7. The number of anilines is 1. The van der Waals surface area contributed by atoms with E-state index in [1.165, 1.54) is 16.8 Å². The van der Waals surface area contributed by atoms with E-state index < -0.39 is 15.4 Å². The van der Waals surface area contributed by atoms with Crippen molar-refractivity contribution in [3.8, 4) is 5.75 Å². The van der Waals surface area contributed by atoms with Crippen LogP contribution >= 0.6 is 0 Å². The van der Waals surface area contributed by atoms with Crippen LogP contribution in [0.15, 0.2) is 46.5 Å². The van der Waals surface area contributed by atoms with E-state index in [4.69, 9.17) is 10.5 Å². The van der Waals surface area contributed by atoms with Crippen molar-refractivity contribution in [2.45, 2.75) is 31.7 Å². The standard InChI is InChI=1S/C18H20N4O4S/c1-11(2)26-15-7-5-4-6-12(15)10-22-16(23)8-14(19)13-9-20-18(21-17(13)22)27(3,24)25/h4-9,11H,10,19H2,1-3H3. The Bertz CT molecular complexity index is 1170. The Morgan fingerprint density at radius 2 is 1.96 bits per heavy atom. The van der Waals surface area contributed by atoms with Crippen molar-refractivity contribution in [2.75, 3.05) is 12.0 Å². The van der Waals surface area contributed by atoms with Gasteiger partial charge < -0.3 is 10.5 Å². The molecule has 8 nitrogen and oxygen atoms in total. The van der Waals surface area contributed by atoms with E-state index in [-0.39, 0.29) is 29.1 Å². The van der Waals surface area contributed by atoms with Crippen molar-refractivity contribution in [1.82, 2.24) is 14.5 Å². The molecule has 0 aliphatic carbocycles. The summed E-state index contributed by atoms with van der Waals surface area (Å²) in [6.07, 6.45) is 2.29. The van der Waals surface area contributed by atoms with Crippen LogP contribution in [0.2, 0.25) is 0 Å². The quantitative estimate of drug-likeness (QED) is 0.660. The molecular weight excluding hydrogens is 368 g/mol. The zero-order valence-electron chi connectivity index (χ0n) is 15.2. The summed E-state index contributed by atoms with van der Waals surface area (Å²) in [7, 11) is -3.64. The van der Waals surface area contributed by atoms with Crippen LogP contribution in [0.3, 0.4) is 0 Å². The van der Waals surface area contributed by atoms with Crippen LogP contribution in [-0.2, 0) is 16.4 Å². The van der Waals surface area contributed by atoms with Gasteiger partial charge in [-0.1, -0.05) is 18.2 Å². The Morgan fingerprint density at radius 3 is 2.63 bits per heavy atom. The molecule has 0 unspecified atom stereocenters. The van der Waals surface area contributed by atoms with Crippen LogP contribution < -0.4 is 16.0 Å². The molecule has 0 fully saturated rings. The first-order valence-electron chi connectivity index (χ1n) is 8.27. The van der Waals surface area contributed by atoms with Crippen LogP contribution in [0.25, 0.3) is 11.0 Å². The second-order valence-electron chi connectivity index (χ2n) is 6.46. The minimum absolute atomic E-state index is 0.0369. The fourth-order valence-electron chi connectivity index (χ4n) is 2.66. The number of fused-ring (bicyclic) bond motifs is 1. The zero-order chi connectivity index (χ0) is 19.8. The molecular formula is C18H20N4O4S. The highest BCUT2D eigenvalue weighted by atomic mass is 32.2. The second kappa shape index (κ2) is 6.99. The number of benzene rings is 1. The molecule has 142 valence electrons. The molecule has 1 aromatic carbocycles. The van der Waals surface area contributed by atoms with Crippen LogP contribution in [0.1, 0.15) is 19.4 Å². The first kappa shape index (κ1) is 18.8. The maximum Gasteiger partial charge on any atom is 0.254 e. The molecule has 2 aromatic heterocycles. The highest BCUT2D eigenvalue weighted by Crippen LogP contribution is 2.23. The Labute approximate surface area is 156 Å². The van der Waals surface area contributed by atoms with E-state index in [9.17, 15) is 13.2 Å². The summed E-state index contributed by atoms with van der Waals surface area (Å²) < 4.78 is 30.8. The molecule has 0 aliphatic heterocycles. The average molecular weight is 388 g/mol. The lowest BCUT2D eigenvalue weighted by Crippen LogP contribution is -2.23. The molecule has 0 spiro atoms. The number of hydrogen-bond acceptors (Lipinski definition) is 7. The van der Waals surface area contributed by atoms with Gasteiger partial charge in [0.25, 0.3) is 5.56 Å². The fourth-order valence-corrected chi connectivity index (χ4v) is 3.16. The smallest absolute Gasteiger partial charge is 0.254 e. The number of pyridine rings is 1. The number of nitrogens with zero attached hydrogens (tertiary/aromatic N) is 3. The third kappa shape index (κ3) is 3.92. The average Bonchev–Trinajstić information content (AvgIpc) is 2.58. The molecule has 2 N–H and O–H groups in total. The molecule has 0 atom stereocenters. The topological polar surface area (TPSA) is 117 Å². The van der Waals surface area contributed by atoms with E-state index in [2.05, 4.69) is 9.97 Å². The minimum atomic E-state index is -3.64. The summed E-state index contributed by atoms with van der Waals surface area (Å²) in [5.74, 6) is 0.641. The lowest BCUT2D eigenvalue weighted by Gasteiger charge is -2.16. The third-order valence-electron chi connectivity index (χ3n) is 3.85. The van der Waals surface area contributed by atoms with Gasteiger partial charge in [-0.15, -0.1) is 0 Å². The van der Waals surface area contributed by atoms with Crippen molar-refractivity contribution in [1.29, 1.82) is 0 Å². The van der Waals surface area contributed by atoms with Gasteiger partial charge in [0.15, 0.2) is 0 Å². The van der Waals surface area contributed by atoms with Crippen molar-refractivity contribution < 1.29 is 13.2 Å². The summed E-state index contributed by atoms with van der Waals surface area (Å²) in [6.45, 7) is 3.97. The van der Waals surface area contributed by atoms with Crippen molar-refractivity contribution in [2.24, 2.45) is 0 Å². The summed E-state index contributed by atoms with van der Waals surface area (Å²) in [5, 5.41) is 0.0460. The zero-order valence-corrected chi connectivity index (χ0v) is 16.0. The van der Waals surface area contributed by atoms with Gasteiger partial charge in [-0.05, 0) is 19.9 Å². The van der Waals surface area contributed by atoms with Crippen molar-refractivity contribution >= 4 is 26.6 Å². The van der Waals surface area contributed by atoms with E-state index in [0.717, 1.165) is 11.8 Å². The fraction of sp³-hybridized carbons (Fsp3) is 0.278. The van der Waals surface area contributed by atoms with Gasteiger partial charge in [0.05, 0.1) is 18.0 Å². The van der Waals surface area contributed by atoms with Gasteiger partial charge in [0.2, 0.25) is 15.0 Å². The molecule has 0 saturated carbocycles. The van der Waals surface area contributed by atoms with E-state index in [1.807, 2.05) is 38.1 Å². The second-order valence-corrected chi connectivity index (χ2v) is 8.37. The van der Waals surface area contributed by atoms with Gasteiger partial charge in [-0.25, -0.2) is 13.4 Å². The SMILES string of the molecule is CC(C)Oc1ccccc1Cn1c(=O)cc(N)c2cnc(S(C)(=O)=O)nc21. The first-order valence-corrected chi connectivity index (χ1v) is 10.2. The highest BCUT2D eigenvalue weighted by Gasteiger charge is 2.17. The van der Waals surface area contributed by atoms with Gasteiger partial charge in [0, 0.05) is 29.8 Å². The van der Waals surface area contributed by atoms with E-state index in [0.29, 0.717) is 11.1 Å². The Morgan fingerprint density at radius 1 is 1.26 bits per heavy atom. The van der Waals surface area contributed by atoms with Crippen LogP contribution in [-0.4, -0.2) is 35.3 Å². The molecule has 0 amide bonds. The van der Waals surface area contributed by atoms with Gasteiger partial charge in [0.1, 0.15) is 11.4 Å². The number of rotatable bonds is 5. The van der Waals surface area contributed by atoms with Gasteiger partial charge >= 0.3 is 0 Å². The van der Waals surface area contributed by atoms with Gasteiger partial charge in [-0.2, -0.15) is 4.98 Å². The molecule has 0 radical (unpaired) electrons. The maximum absolute atomic E-state index is 12.6. The third-order valence-corrected chi connectivity index (χ3v) is 4.71. The number of para-hydroxylation sites is 1. The Kier molecular flexibility index (Phi) is 4.88. The number of ether oxygens (including phenoxy) is 1. The largest absolute Gasteiger partial charge is 0.491 e. The lowest BCUT2D eigenvalue weighted by molar-refractivity contribution is 0.239. The van der Waals surface area contributed by atoms with E-state index >= 15 is 0 Å². The number of nitrogens with two attached hydrogens (primary N) is 1. The number of hydrogen-bond donors (Lipinski definition) is 1. The Hall–Kier alpha value is -2.94. The summed E-state index contributed by atoms with van der Waals surface area (Å²) in [5.41, 5.74) is 6.63. The van der Waals surface area contributed by atoms with Crippen molar-refractivity contribution in [3.63, 3.8) is 0 Å². The summed E-state index contributed by atoms with van der Waals surface area (Å²) in [4.78, 5) is 20.5. The highest BCUT2D eigenvalue weighted by molar-refractivity contribution is 7.90. The van der Waals surface area contributed by atoms with Crippen molar-refractivity contribution in [3.05, 3.63) is 52.4 Å². The molecule has 2 heterocycles. The number of aromatic nitrogens is 3.